The van der Waals surface area contributed by atoms with Gasteiger partial charge in [0.25, 0.3) is 5.91 Å². The van der Waals surface area contributed by atoms with Crippen LogP contribution in [0.5, 0.6) is 5.75 Å². The van der Waals surface area contributed by atoms with Crippen LogP contribution in [0.4, 0.5) is 5.69 Å². The van der Waals surface area contributed by atoms with Gasteiger partial charge in [0.2, 0.25) is 0 Å². The summed E-state index contributed by atoms with van der Waals surface area (Å²) in [6, 6.07) is 23.0. The number of ether oxygens (including phenoxy) is 1. The van der Waals surface area contributed by atoms with Crippen molar-refractivity contribution in [3.8, 4) is 5.75 Å². The minimum Gasteiger partial charge on any atom is -0.488 e. The predicted molar refractivity (Wildman–Crippen MR) is 112 cm³/mol. The van der Waals surface area contributed by atoms with Crippen LogP contribution < -0.4 is 10.1 Å². The Labute approximate surface area is 168 Å². The zero-order chi connectivity index (χ0) is 17.6. The maximum Gasteiger partial charge on any atom is 0.259 e. The molecule has 3 aromatic rings. The van der Waals surface area contributed by atoms with Crippen molar-refractivity contribution in [3.05, 3.63) is 92.0 Å². The summed E-state index contributed by atoms with van der Waals surface area (Å²) in [5, 5.41) is 2.92. The molecule has 3 nitrogen and oxygen atoms in total. The fraction of sp³-hybridized carbons (Fsp3) is 0.0500. The molecule has 0 unspecified atom stereocenters. The predicted octanol–water partition coefficient (Wildman–Crippen LogP) is 5.89. The quantitative estimate of drug-likeness (QED) is 0.437. The van der Waals surface area contributed by atoms with Crippen LogP contribution in [0.3, 0.4) is 0 Å². The summed E-state index contributed by atoms with van der Waals surface area (Å²) < 4.78 is 7.76. The van der Waals surface area contributed by atoms with Gasteiger partial charge in [0.1, 0.15) is 12.4 Å². The summed E-state index contributed by atoms with van der Waals surface area (Å²) in [7, 11) is 0. The van der Waals surface area contributed by atoms with Crippen LogP contribution >= 0.6 is 38.5 Å². The van der Waals surface area contributed by atoms with E-state index in [0.29, 0.717) is 17.9 Å². The van der Waals surface area contributed by atoms with Crippen molar-refractivity contribution < 1.29 is 9.53 Å². The number of carbonyl (C=O) groups is 1. The molecule has 3 rings (SSSR count). The molecule has 0 bridgehead atoms. The van der Waals surface area contributed by atoms with Crippen molar-refractivity contribution in [3.63, 3.8) is 0 Å². The highest BCUT2D eigenvalue weighted by atomic mass is 127. The van der Waals surface area contributed by atoms with Crippen LogP contribution in [-0.2, 0) is 6.61 Å². The van der Waals surface area contributed by atoms with Crippen molar-refractivity contribution in [1.82, 2.24) is 0 Å². The Morgan fingerprint density at radius 1 is 1.00 bits per heavy atom. The molecule has 5 heteroatoms. The van der Waals surface area contributed by atoms with Gasteiger partial charge in [0.05, 0.1) is 5.56 Å². The van der Waals surface area contributed by atoms with Crippen molar-refractivity contribution in [1.29, 1.82) is 0 Å². The highest BCUT2D eigenvalue weighted by molar-refractivity contribution is 14.1. The monoisotopic (exact) mass is 507 g/mol. The highest BCUT2D eigenvalue weighted by Gasteiger charge is 2.14. The summed E-state index contributed by atoms with van der Waals surface area (Å²) in [6.07, 6.45) is 0. The van der Waals surface area contributed by atoms with Crippen LogP contribution in [0.1, 0.15) is 15.9 Å². The van der Waals surface area contributed by atoms with E-state index in [1.54, 1.807) is 12.1 Å². The Kier molecular flexibility index (Phi) is 6.09. The van der Waals surface area contributed by atoms with Gasteiger partial charge in [-0.05, 0) is 64.6 Å². The summed E-state index contributed by atoms with van der Waals surface area (Å²) in [5.74, 6) is 0.349. The maximum atomic E-state index is 12.7. The second kappa shape index (κ2) is 8.49. The van der Waals surface area contributed by atoms with Crippen LogP contribution in [0.2, 0.25) is 0 Å². The molecule has 25 heavy (non-hydrogen) atoms. The van der Waals surface area contributed by atoms with Gasteiger partial charge < -0.3 is 10.1 Å². The third-order valence-corrected chi connectivity index (χ3v) is 4.67. The fourth-order valence-electron chi connectivity index (χ4n) is 2.31. The normalized spacial score (nSPS) is 10.3. The smallest absolute Gasteiger partial charge is 0.259 e. The first-order valence-corrected chi connectivity index (χ1v) is 9.52. The van der Waals surface area contributed by atoms with E-state index in [1.165, 1.54) is 0 Å². The SMILES string of the molecule is O=C(Nc1cccc(I)c1)c1cc(Br)ccc1OCc1ccccc1. The van der Waals surface area contributed by atoms with E-state index in [9.17, 15) is 4.79 Å². The molecule has 1 N–H and O–H groups in total. The minimum absolute atomic E-state index is 0.202. The van der Waals surface area contributed by atoms with Gasteiger partial charge in [0.15, 0.2) is 0 Å². The second-order valence-corrected chi connectivity index (χ2v) is 7.54. The summed E-state index contributed by atoms with van der Waals surface area (Å²) in [4.78, 5) is 12.7. The number of nitrogens with one attached hydrogen (secondary N) is 1. The Hall–Kier alpha value is -1.86. The molecule has 0 aliphatic rings. The van der Waals surface area contributed by atoms with Gasteiger partial charge in [-0.15, -0.1) is 0 Å². The van der Waals surface area contributed by atoms with Gasteiger partial charge in [-0.2, -0.15) is 0 Å². The summed E-state index contributed by atoms with van der Waals surface area (Å²) >= 11 is 5.64. The lowest BCUT2D eigenvalue weighted by Gasteiger charge is -2.13. The third-order valence-electron chi connectivity index (χ3n) is 3.51. The number of halogens is 2. The molecule has 0 aliphatic heterocycles. The molecule has 126 valence electrons. The lowest BCUT2D eigenvalue weighted by Crippen LogP contribution is -2.14. The molecule has 0 saturated carbocycles. The van der Waals surface area contributed by atoms with E-state index in [-0.39, 0.29) is 5.91 Å². The lowest BCUT2D eigenvalue weighted by molar-refractivity contribution is 0.102. The first-order chi connectivity index (χ1) is 12.1. The van der Waals surface area contributed by atoms with Gasteiger partial charge >= 0.3 is 0 Å². The Morgan fingerprint density at radius 3 is 2.56 bits per heavy atom. The Bertz CT molecular complexity index is 884. The summed E-state index contributed by atoms with van der Waals surface area (Å²) in [5.41, 5.74) is 2.30. The number of amides is 1. The van der Waals surface area contributed by atoms with Gasteiger partial charge in [0, 0.05) is 13.7 Å². The lowest BCUT2D eigenvalue weighted by atomic mass is 10.1. The van der Waals surface area contributed by atoms with Crippen LogP contribution in [0.15, 0.2) is 77.3 Å². The first kappa shape index (κ1) is 17.9. The second-order valence-electron chi connectivity index (χ2n) is 5.38. The van der Waals surface area contributed by atoms with Crippen molar-refractivity contribution >= 4 is 50.1 Å². The van der Waals surface area contributed by atoms with E-state index >= 15 is 0 Å². The number of carbonyl (C=O) groups excluding carboxylic acids is 1. The maximum absolute atomic E-state index is 12.7. The molecule has 0 fully saturated rings. The van der Waals surface area contributed by atoms with Gasteiger partial charge in [-0.25, -0.2) is 0 Å². The number of hydrogen-bond acceptors (Lipinski definition) is 2. The molecule has 0 aromatic heterocycles. The number of anilines is 1. The van der Waals surface area contributed by atoms with Crippen molar-refractivity contribution in [2.24, 2.45) is 0 Å². The van der Waals surface area contributed by atoms with Crippen LogP contribution in [-0.4, -0.2) is 5.91 Å². The zero-order valence-electron chi connectivity index (χ0n) is 13.2. The Morgan fingerprint density at radius 2 is 1.80 bits per heavy atom. The molecule has 0 heterocycles. The highest BCUT2D eigenvalue weighted by Crippen LogP contribution is 2.25. The standard InChI is InChI=1S/C20H15BrINO2/c21-15-9-10-19(25-13-14-5-2-1-3-6-14)18(11-15)20(24)23-17-8-4-7-16(22)12-17/h1-12H,13H2,(H,23,24). The van der Waals surface area contributed by atoms with Gasteiger partial charge in [-0.1, -0.05) is 52.3 Å². The fourth-order valence-corrected chi connectivity index (χ4v) is 3.21. The molecule has 1 amide bonds. The average molecular weight is 508 g/mol. The van der Waals surface area contributed by atoms with E-state index in [1.807, 2.05) is 60.7 Å². The molecule has 0 radical (unpaired) electrons. The number of rotatable bonds is 5. The number of hydrogen-bond donors (Lipinski definition) is 1. The average Bonchev–Trinajstić information content (AvgIpc) is 2.61. The minimum atomic E-state index is -0.202. The largest absolute Gasteiger partial charge is 0.488 e. The molecule has 3 aromatic carbocycles. The molecule has 0 aliphatic carbocycles. The van der Waals surface area contributed by atoms with E-state index in [4.69, 9.17) is 4.74 Å². The molecular weight excluding hydrogens is 493 g/mol. The topological polar surface area (TPSA) is 38.3 Å². The van der Waals surface area contributed by atoms with Gasteiger partial charge in [-0.3, -0.25) is 4.79 Å². The molecular formula is C20H15BrINO2. The zero-order valence-corrected chi connectivity index (χ0v) is 17.0. The van der Waals surface area contributed by atoms with E-state index < -0.39 is 0 Å². The molecule has 0 saturated heterocycles. The Balaban J connectivity index is 1.79. The number of benzene rings is 3. The van der Waals surface area contributed by atoms with Crippen molar-refractivity contribution in [2.75, 3.05) is 5.32 Å². The van der Waals surface area contributed by atoms with E-state index in [2.05, 4.69) is 43.8 Å². The molecule has 0 atom stereocenters. The van der Waals surface area contributed by atoms with Crippen LogP contribution in [0, 0.1) is 3.57 Å². The van der Waals surface area contributed by atoms with Crippen LogP contribution in [0.25, 0.3) is 0 Å². The van der Waals surface area contributed by atoms with Crippen molar-refractivity contribution in [2.45, 2.75) is 6.61 Å². The summed E-state index contributed by atoms with van der Waals surface area (Å²) in [6.45, 7) is 0.409. The third kappa shape index (κ3) is 5.06. The first-order valence-electron chi connectivity index (χ1n) is 7.65. The van der Waals surface area contributed by atoms with E-state index in [0.717, 1.165) is 19.3 Å². The molecule has 0 spiro atoms.